The quantitative estimate of drug-likeness (QED) is 0.599. The molecule has 2 amide bonds. The number of carbonyl (C=O) groups is 2. The zero-order chi connectivity index (χ0) is 20.5. The van der Waals surface area contributed by atoms with Gasteiger partial charge in [0, 0.05) is 29.1 Å². The first-order chi connectivity index (χ1) is 14.7. The van der Waals surface area contributed by atoms with E-state index in [1.165, 1.54) is 6.42 Å². The third kappa shape index (κ3) is 3.92. The van der Waals surface area contributed by atoms with Crippen molar-refractivity contribution in [1.82, 2.24) is 20.5 Å². The van der Waals surface area contributed by atoms with Gasteiger partial charge in [0.15, 0.2) is 5.69 Å². The summed E-state index contributed by atoms with van der Waals surface area (Å²) in [6, 6.07) is 7.99. The second-order valence-electron chi connectivity index (χ2n) is 8.37. The van der Waals surface area contributed by atoms with Gasteiger partial charge in [-0.2, -0.15) is 5.10 Å². The van der Waals surface area contributed by atoms with Crippen molar-refractivity contribution in [3.05, 3.63) is 42.4 Å². The van der Waals surface area contributed by atoms with Crippen molar-refractivity contribution in [3.63, 3.8) is 0 Å². The van der Waals surface area contributed by atoms with Gasteiger partial charge in [0.2, 0.25) is 5.91 Å². The minimum absolute atomic E-state index is 0.0564. The highest BCUT2D eigenvalue weighted by atomic mass is 16.2. The third-order valence-electron chi connectivity index (χ3n) is 6.01. The Bertz CT molecular complexity index is 1100. The molecule has 2 heterocycles. The van der Waals surface area contributed by atoms with E-state index in [0.29, 0.717) is 11.4 Å². The minimum atomic E-state index is -0.131. The Balaban J connectivity index is 1.40. The number of hydrogen-bond donors (Lipinski definition) is 3. The van der Waals surface area contributed by atoms with Crippen LogP contribution in [0, 0.1) is 5.92 Å². The van der Waals surface area contributed by atoms with Crippen molar-refractivity contribution in [2.75, 3.05) is 5.32 Å². The molecule has 154 valence electrons. The number of rotatable bonds is 5. The number of fused-ring (bicyclic) bond motifs is 1. The summed E-state index contributed by atoms with van der Waals surface area (Å²) < 4.78 is 0. The molecule has 7 heteroatoms. The van der Waals surface area contributed by atoms with Crippen molar-refractivity contribution in [1.29, 1.82) is 0 Å². The summed E-state index contributed by atoms with van der Waals surface area (Å²) in [6.45, 7) is 0. The standard InChI is InChI=1S/C23H25N5O2/c29-22(14-6-7-14)26-18-10-16(12-24-13-18)15-8-9-20-19(11-15)21(28-27-20)23(30)25-17-4-2-1-3-5-17/h8-14,17H,1-7H2,(H,25,30)(H,26,29)(H,27,28). The molecular formula is C23H25N5O2. The Morgan fingerprint density at radius 3 is 2.60 bits per heavy atom. The molecule has 0 atom stereocenters. The van der Waals surface area contributed by atoms with E-state index in [2.05, 4.69) is 25.8 Å². The summed E-state index contributed by atoms with van der Waals surface area (Å²) in [6.07, 6.45) is 11.0. The Kier molecular flexibility index (Phi) is 4.94. The van der Waals surface area contributed by atoms with Crippen LogP contribution in [0.15, 0.2) is 36.7 Å². The molecule has 30 heavy (non-hydrogen) atoms. The van der Waals surface area contributed by atoms with Crippen molar-refractivity contribution < 1.29 is 9.59 Å². The first kappa shape index (κ1) is 18.8. The Morgan fingerprint density at radius 1 is 0.967 bits per heavy atom. The summed E-state index contributed by atoms with van der Waals surface area (Å²) in [4.78, 5) is 29.2. The van der Waals surface area contributed by atoms with E-state index in [1.54, 1.807) is 12.4 Å². The predicted octanol–water partition coefficient (Wildman–Crippen LogP) is 4.04. The van der Waals surface area contributed by atoms with E-state index in [1.807, 2.05) is 24.3 Å². The molecule has 1 aromatic carbocycles. The minimum Gasteiger partial charge on any atom is -0.348 e. The van der Waals surface area contributed by atoms with Gasteiger partial charge in [-0.1, -0.05) is 25.3 Å². The lowest BCUT2D eigenvalue weighted by Crippen LogP contribution is -2.36. The summed E-state index contributed by atoms with van der Waals surface area (Å²) >= 11 is 0. The number of carbonyl (C=O) groups excluding carboxylic acids is 2. The molecule has 0 bridgehead atoms. The number of nitrogens with one attached hydrogen (secondary N) is 3. The summed E-state index contributed by atoms with van der Waals surface area (Å²) in [5.74, 6) is 0.0657. The Morgan fingerprint density at radius 2 is 1.80 bits per heavy atom. The number of benzene rings is 1. The van der Waals surface area contributed by atoms with Gasteiger partial charge in [0.1, 0.15) is 0 Å². The monoisotopic (exact) mass is 403 g/mol. The first-order valence-electron chi connectivity index (χ1n) is 10.7. The molecule has 5 rings (SSSR count). The zero-order valence-electron chi connectivity index (χ0n) is 16.8. The molecule has 2 aromatic heterocycles. The van der Waals surface area contributed by atoms with E-state index in [0.717, 1.165) is 60.6 Å². The van der Waals surface area contributed by atoms with Gasteiger partial charge in [-0.05, 0) is 49.4 Å². The molecule has 0 aliphatic heterocycles. The molecule has 2 aliphatic rings. The van der Waals surface area contributed by atoms with Gasteiger partial charge in [-0.15, -0.1) is 0 Å². The number of hydrogen-bond acceptors (Lipinski definition) is 4. The average Bonchev–Trinajstić information content (AvgIpc) is 3.54. The topological polar surface area (TPSA) is 99.8 Å². The van der Waals surface area contributed by atoms with E-state index in [-0.39, 0.29) is 23.8 Å². The number of pyridine rings is 1. The van der Waals surface area contributed by atoms with Crippen molar-refractivity contribution in [3.8, 4) is 11.1 Å². The number of amides is 2. The molecule has 2 saturated carbocycles. The van der Waals surface area contributed by atoms with Crippen molar-refractivity contribution in [2.45, 2.75) is 51.0 Å². The molecule has 0 radical (unpaired) electrons. The van der Waals surface area contributed by atoms with Crippen LogP contribution in [-0.2, 0) is 4.79 Å². The molecule has 2 aliphatic carbocycles. The second-order valence-corrected chi connectivity index (χ2v) is 8.37. The lowest BCUT2D eigenvalue weighted by molar-refractivity contribution is -0.117. The van der Waals surface area contributed by atoms with Crippen LogP contribution in [0.2, 0.25) is 0 Å². The number of aromatic amines is 1. The molecule has 0 saturated heterocycles. The third-order valence-corrected chi connectivity index (χ3v) is 6.01. The fraction of sp³-hybridized carbons (Fsp3) is 0.391. The molecular weight excluding hydrogens is 378 g/mol. The van der Waals surface area contributed by atoms with Gasteiger partial charge in [-0.25, -0.2) is 0 Å². The molecule has 7 nitrogen and oxygen atoms in total. The summed E-state index contributed by atoms with van der Waals surface area (Å²) in [5, 5.41) is 14.1. The highest BCUT2D eigenvalue weighted by Crippen LogP contribution is 2.31. The number of anilines is 1. The normalized spacial score (nSPS) is 17.1. The fourth-order valence-electron chi connectivity index (χ4n) is 4.12. The Labute approximate surface area is 174 Å². The van der Waals surface area contributed by atoms with E-state index in [4.69, 9.17) is 0 Å². The van der Waals surface area contributed by atoms with Gasteiger partial charge in [0.05, 0.1) is 17.4 Å². The maximum absolute atomic E-state index is 12.8. The van der Waals surface area contributed by atoms with Crippen LogP contribution in [0.4, 0.5) is 5.69 Å². The highest BCUT2D eigenvalue weighted by molar-refractivity contribution is 6.05. The zero-order valence-corrected chi connectivity index (χ0v) is 16.8. The number of nitrogens with zero attached hydrogens (tertiary/aromatic N) is 2. The van der Waals surface area contributed by atoms with Gasteiger partial charge < -0.3 is 10.6 Å². The fourth-order valence-corrected chi connectivity index (χ4v) is 4.12. The lowest BCUT2D eigenvalue weighted by Gasteiger charge is -2.22. The molecule has 2 fully saturated rings. The van der Waals surface area contributed by atoms with Crippen LogP contribution in [0.1, 0.15) is 55.4 Å². The van der Waals surface area contributed by atoms with Gasteiger partial charge >= 0.3 is 0 Å². The largest absolute Gasteiger partial charge is 0.348 e. The predicted molar refractivity (Wildman–Crippen MR) is 115 cm³/mol. The average molecular weight is 403 g/mol. The van der Waals surface area contributed by atoms with E-state index in [9.17, 15) is 9.59 Å². The van der Waals surface area contributed by atoms with E-state index < -0.39 is 0 Å². The first-order valence-corrected chi connectivity index (χ1v) is 10.7. The van der Waals surface area contributed by atoms with Crippen molar-refractivity contribution >= 4 is 28.4 Å². The van der Waals surface area contributed by atoms with Gasteiger partial charge in [0.25, 0.3) is 5.91 Å². The van der Waals surface area contributed by atoms with Crippen LogP contribution < -0.4 is 10.6 Å². The summed E-state index contributed by atoms with van der Waals surface area (Å²) in [5.41, 5.74) is 3.73. The van der Waals surface area contributed by atoms with Crippen LogP contribution in [-0.4, -0.2) is 33.0 Å². The maximum Gasteiger partial charge on any atom is 0.272 e. The maximum atomic E-state index is 12.8. The number of aromatic nitrogens is 3. The van der Waals surface area contributed by atoms with Crippen LogP contribution in [0.25, 0.3) is 22.0 Å². The Hall–Kier alpha value is -3.22. The second kappa shape index (κ2) is 7.89. The smallest absolute Gasteiger partial charge is 0.272 e. The molecule has 3 aromatic rings. The molecule has 0 spiro atoms. The summed E-state index contributed by atoms with van der Waals surface area (Å²) in [7, 11) is 0. The molecule has 0 unspecified atom stereocenters. The van der Waals surface area contributed by atoms with E-state index >= 15 is 0 Å². The number of H-pyrrole nitrogens is 1. The van der Waals surface area contributed by atoms with Gasteiger partial charge in [-0.3, -0.25) is 19.7 Å². The highest BCUT2D eigenvalue weighted by Gasteiger charge is 2.29. The lowest BCUT2D eigenvalue weighted by atomic mass is 9.95. The molecule has 3 N–H and O–H groups in total. The van der Waals surface area contributed by atoms with Crippen molar-refractivity contribution in [2.24, 2.45) is 5.92 Å². The van der Waals surface area contributed by atoms with Crippen LogP contribution in [0.3, 0.4) is 0 Å². The SMILES string of the molecule is O=C(NC1CCCCC1)c1n[nH]c2ccc(-c3cncc(NC(=O)C4CC4)c3)cc12. The van der Waals surface area contributed by atoms with Crippen LogP contribution in [0.5, 0.6) is 0 Å². The van der Waals surface area contributed by atoms with Crippen LogP contribution >= 0.6 is 0 Å².